The molecule has 0 aromatic heterocycles. The van der Waals surface area contributed by atoms with Crippen LogP contribution in [0, 0.1) is 5.25 Å². The van der Waals surface area contributed by atoms with Gasteiger partial charge in [0.25, 0.3) is 0 Å². The molecule has 8 heteroatoms. The first-order valence-corrected chi connectivity index (χ1v) is 18.6. The fourth-order valence-corrected chi connectivity index (χ4v) is 8.86. The summed E-state index contributed by atoms with van der Waals surface area (Å²) in [6.45, 7) is 11.1. The van der Waals surface area contributed by atoms with Gasteiger partial charge >= 0.3 is 0 Å². The van der Waals surface area contributed by atoms with Crippen molar-refractivity contribution < 1.29 is 18.9 Å². The topological polar surface area (TPSA) is 36.9 Å². The van der Waals surface area contributed by atoms with Gasteiger partial charge in [0.2, 0.25) is 0 Å². The van der Waals surface area contributed by atoms with E-state index in [4.69, 9.17) is 18.9 Å². The van der Waals surface area contributed by atoms with Gasteiger partial charge < -0.3 is 18.9 Å². The predicted octanol–water partition coefficient (Wildman–Crippen LogP) is 11.4. The van der Waals surface area contributed by atoms with Gasteiger partial charge in [-0.3, -0.25) is 0 Å². The molecule has 3 aromatic rings. The van der Waals surface area contributed by atoms with Gasteiger partial charge in [0, 0.05) is 0 Å². The third-order valence-electron chi connectivity index (χ3n) is 6.39. The second-order valence-electron chi connectivity index (χ2n) is 10.1. The molecule has 5 rings (SSSR count). The molecule has 8 bridgehead atoms. The van der Waals surface area contributed by atoms with Gasteiger partial charge in [-0.25, -0.2) is 0 Å². The number of allylic oxidation sites excluding steroid dienone is 1. The van der Waals surface area contributed by atoms with Crippen LogP contribution in [0.25, 0.3) is 0 Å². The largest absolute Gasteiger partial charge is 0.495 e. The van der Waals surface area contributed by atoms with Crippen LogP contribution in [-0.4, -0.2) is 26.4 Å². The summed E-state index contributed by atoms with van der Waals surface area (Å²) in [5.41, 5.74) is 3.39. The SMILES string of the molecule is CCCOC1=C2C=C=C[C]1Sc1cccc(c1OCCC)Sc1cccc(c1OCCC)Sc1cccc(c1OCCC)S2. The Balaban J connectivity index is 1.72. The summed E-state index contributed by atoms with van der Waals surface area (Å²) in [5, 5.41) is 1.01. The van der Waals surface area contributed by atoms with Crippen molar-refractivity contribution in [2.75, 3.05) is 26.4 Å². The number of ether oxygens (including phenoxy) is 4. The first kappa shape index (κ1) is 32.9. The number of benzene rings is 3. The first-order valence-electron chi connectivity index (χ1n) is 15.3. The summed E-state index contributed by atoms with van der Waals surface area (Å²) in [7, 11) is 0. The summed E-state index contributed by atoms with van der Waals surface area (Å²) >= 11 is 6.72. The minimum atomic E-state index is 0.629. The Morgan fingerprint density at radius 1 is 0.477 bits per heavy atom. The van der Waals surface area contributed by atoms with E-state index in [1.807, 2.05) is 12.2 Å². The maximum atomic E-state index is 6.48. The molecular weight excluding hydrogens is 625 g/mol. The summed E-state index contributed by atoms with van der Waals surface area (Å²) in [6, 6.07) is 19.1. The lowest BCUT2D eigenvalue weighted by Gasteiger charge is -2.24. The van der Waals surface area contributed by atoms with Crippen LogP contribution in [-0.2, 0) is 4.74 Å². The molecule has 3 aromatic carbocycles. The van der Waals surface area contributed by atoms with E-state index in [-0.39, 0.29) is 0 Å². The van der Waals surface area contributed by atoms with Gasteiger partial charge in [0.05, 0.1) is 60.7 Å². The van der Waals surface area contributed by atoms with Gasteiger partial charge in [-0.2, -0.15) is 0 Å². The average molecular weight is 664 g/mol. The van der Waals surface area contributed by atoms with Gasteiger partial charge in [0.15, 0.2) is 0 Å². The van der Waals surface area contributed by atoms with E-state index >= 15 is 0 Å². The Morgan fingerprint density at radius 3 is 1.30 bits per heavy atom. The standard InChI is InChI=1S/C36H39O4S4/c1-5-21-37-33-25-13-9-14-26(33)42-28-16-11-18-30(35(28)39-23-7-3)44-32-20-12-19-31(36(32)40-24-8-4)43-29-17-10-15-27(41-25)34(29)38-22-6-2/h9-11,13-20H,5-8,21-24H2,1-4H3. The molecule has 0 saturated heterocycles. The molecule has 4 nitrogen and oxygen atoms in total. The highest BCUT2D eigenvalue weighted by Crippen LogP contribution is 2.53. The predicted molar refractivity (Wildman–Crippen MR) is 186 cm³/mol. The smallest absolute Gasteiger partial charge is 0.147 e. The van der Waals surface area contributed by atoms with Crippen molar-refractivity contribution in [2.45, 2.75) is 82.8 Å². The summed E-state index contributed by atoms with van der Waals surface area (Å²) in [5.74, 6) is 3.53. The Kier molecular flexibility index (Phi) is 12.5. The number of fused-ring (bicyclic) bond motifs is 7. The van der Waals surface area contributed by atoms with Crippen LogP contribution >= 0.6 is 47.0 Å². The Morgan fingerprint density at radius 2 is 0.864 bits per heavy atom. The van der Waals surface area contributed by atoms with Crippen LogP contribution in [0.1, 0.15) is 53.4 Å². The molecule has 1 aliphatic heterocycles. The molecule has 0 atom stereocenters. The molecule has 0 amide bonds. The molecule has 1 heterocycles. The van der Waals surface area contributed by atoms with E-state index in [2.05, 4.69) is 88.0 Å². The molecule has 0 fully saturated rings. The van der Waals surface area contributed by atoms with Crippen molar-refractivity contribution in [1.82, 2.24) is 0 Å². The average Bonchev–Trinajstić information content (AvgIpc) is 3.03. The maximum Gasteiger partial charge on any atom is 0.147 e. The van der Waals surface area contributed by atoms with Crippen LogP contribution in [0.15, 0.2) is 113 Å². The number of thioether (sulfide) groups is 2. The Labute approximate surface area is 279 Å². The Hall–Kier alpha value is -2.48. The van der Waals surface area contributed by atoms with Gasteiger partial charge in [-0.15, -0.1) is 5.73 Å². The highest BCUT2D eigenvalue weighted by molar-refractivity contribution is 8.04. The molecule has 231 valence electrons. The van der Waals surface area contributed by atoms with E-state index in [0.29, 0.717) is 26.4 Å². The lowest BCUT2D eigenvalue weighted by Crippen LogP contribution is -2.07. The molecule has 0 unspecified atom stereocenters. The minimum Gasteiger partial charge on any atom is -0.495 e. The quantitative estimate of drug-likeness (QED) is 0.177. The number of para-hydroxylation sites is 3. The van der Waals surface area contributed by atoms with Crippen LogP contribution in [0.3, 0.4) is 0 Å². The van der Waals surface area contributed by atoms with E-state index in [0.717, 1.165) is 88.2 Å². The normalized spacial score (nSPS) is 14.5. The van der Waals surface area contributed by atoms with Crippen LogP contribution in [0.4, 0.5) is 0 Å². The van der Waals surface area contributed by atoms with Crippen molar-refractivity contribution >= 4 is 47.0 Å². The molecule has 44 heavy (non-hydrogen) atoms. The second kappa shape index (κ2) is 16.7. The third kappa shape index (κ3) is 8.02. The molecule has 0 spiro atoms. The van der Waals surface area contributed by atoms with Gasteiger partial charge in [-0.05, 0) is 74.2 Å². The third-order valence-corrected chi connectivity index (χ3v) is 10.7. The van der Waals surface area contributed by atoms with Crippen molar-refractivity contribution in [1.29, 1.82) is 0 Å². The van der Waals surface area contributed by atoms with E-state index in [1.165, 1.54) is 0 Å². The van der Waals surface area contributed by atoms with E-state index in [1.54, 1.807) is 47.0 Å². The lowest BCUT2D eigenvalue weighted by atomic mass is 10.2. The Bertz CT molecular complexity index is 1530. The molecule has 0 N–H and O–H groups in total. The van der Waals surface area contributed by atoms with E-state index in [9.17, 15) is 0 Å². The highest BCUT2D eigenvalue weighted by atomic mass is 32.2. The number of hydrogen-bond donors (Lipinski definition) is 0. The summed E-state index contributed by atoms with van der Waals surface area (Å²) in [4.78, 5) is 7.32. The molecule has 1 radical (unpaired) electrons. The van der Waals surface area contributed by atoms with Crippen molar-refractivity contribution in [3.8, 4) is 17.2 Å². The maximum absolute atomic E-state index is 6.48. The first-order chi connectivity index (χ1) is 21.7. The molecular formula is C36H39O4S4. The zero-order valence-corrected chi connectivity index (χ0v) is 29.0. The highest BCUT2D eigenvalue weighted by Gasteiger charge is 2.27. The van der Waals surface area contributed by atoms with Crippen LogP contribution in [0.5, 0.6) is 17.2 Å². The van der Waals surface area contributed by atoms with Crippen molar-refractivity contribution in [3.63, 3.8) is 0 Å². The van der Waals surface area contributed by atoms with E-state index < -0.39 is 0 Å². The fraction of sp³-hybridized carbons (Fsp3) is 0.333. The summed E-state index contributed by atoms with van der Waals surface area (Å²) in [6.07, 6.45) is 7.73. The van der Waals surface area contributed by atoms with Gasteiger partial charge in [-0.1, -0.05) is 92.9 Å². The van der Waals surface area contributed by atoms with Gasteiger partial charge in [0.1, 0.15) is 28.3 Å². The lowest BCUT2D eigenvalue weighted by molar-refractivity contribution is 0.218. The monoisotopic (exact) mass is 663 g/mol. The number of rotatable bonds is 12. The minimum absolute atomic E-state index is 0.629. The fourth-order valence-electron chi connectivity index (χ4n) is 4.43. The summed E-state index contributed by atoms with van der Waals surface area (Å²) < 4.78 is 25.9. The van der Waals surface area contributed by atoms with Crippen molar-refractivity contribution in [3.05, 3.63) is 88.4 Å². The second-order valence-corrected chi connectivity index (χ2v) is 14.4. The molecule has 0 saturated carbocycles. The molecule has 1 aliphatic carbocycles. The van der Waals surface area contributed by atoms with Crippen LogP contribution in [0.2, 0.25) is 0 Å². The van der Waals surface area contributed by atoms with Crippen molar-refractivity contribution in [2.24, 2.45) is 0 Å². The van der Waals surface area contributed by atoms with Crippen LogP contribution < -0.4 is 14.2 Å². The number of hydrogen-bond acceptors (Lipinski definition) is 8. The zero-order valence-electron chi connectivity index (χ0n) is 25.8. The zero-order chi connectivity index (χ0) is 30.7. The molecule has 2 aliphatic rings.